The molecular weight excluding hydrogens is 272 g/mol. The SMILES string of the molecule is CC(C)c1cccc(NC(N)=NCCN(C(C)C)C(C)C)c1. The molecule has 4 nitrogen and oxygen atoms in total. The summed E-state index contributed by atoms with van der Waals surface area (Å²) in [6, 6.07) is 9.36. The van der Waals surface area contributed by atoms with Crippen molar-refractivity contribution in [3.63, 3.8) is 0 Å². The molecule has 0 fully saturated rings. The number of nitrogens with zero attached hydrogens (tertiary/aromatic N) is 2. The van der Waals surface area contributed by atoms with E-state index in [9.17, 15) is 0 Å². The highest BCUT2D eigenvalue weighted by atomic mass is 15.2. The third kappa shape index (κ3) is 6.06. The Labute approximate surface area is 135 Å². The predicted octanol–water partition coefficient (Wildman–Crippen LogP) is 3.66. The van der Waals surface area contributed by atoms with Gasteiger partial charge < -0.3 is 11.1 Å². The minimum absolute atomic E-state index is 0.480. The maximum atomic E-state index is 5.99. The summed E-state index contributed by atoms with van der Waals surface area (Å²) in [5, 5.41) is 3.18. The molecule has 0 spiro atoms. The fraction of sp³-hybridized carbons (Fsp3) is 0.611. The first kappa shape index (κ1) is 18.5. The van der Waals surface area contributed by atoms with Gasteiger partial charge in [-0.2, -0.15) is 0 Å². The van der Waals surface area contributed by atoms with Crippen LogP contribution in [0.25, 0.3) is 0 Å². The summed E-state index contributed by atoms with van der Waals surface area (Å²) >= 11 is 0. The highest BCUT2D eigenvalue weighted by Gasteiger charge is 2.12. The van der Waals surface area contributed by atoms with Crippen molar-refractivity contribution >= 4 is 11.6 Å². The highest BCUT2D eigenvalue weighted by molar-refractivity contribution is 5.92. The molecule has 0 aliphatic rings. The van der Waals surface area contributed by atoms with E-state index in [1.165, 1.54) is 5.56 Å². The Hall–Kier alpha value is -1.55. The Kier molecular flexibility index (Phi) is 7.39. The summed E-state index contributed by atoms with van der Waals surface area (Å²) in [6.07, 6.45) is 0. The quantitative estimate of drug-likeness (QED) is 0.597. The zero-order chi connectivity index (χ0) is 16.7. The molecule has 3 N–H and O–H groups in total. The summed E-state index contributed by atoms with van der Waals surface area (Å²) in [6.45, 7) is 14.8. The van der Waals surface area contributed by atoms with Crippen molar-refractivity contribution in [3.8, 4) is 0 Å². The average Bonchev–Trinajstić information content (AvgIpc) is 2.42. The molecule has 0 bridgehead atoms. The summed E-state index contributed by atoms with van der Waals surface area (Å²) in [4.78, 5) is 6.85. The van der Waals surface area contributed by atoms with Crippen molar-refractivity contribution in [2.45, 2.75) is 59.5 Å². The minimum atomic E-state index is 0.480. The number of hydrogen-bond donors (Lipinski definition) is 2. The van der Waals surface area contributed by atoms with Gasteiger partial charge in [0.25, 0.3) is 0 Å². The second-order valence-corrected chi connectivity index (χ2v) is 6.60. The van der Waals surface area contributed by atoms with E-state index < -0.39 is 0 Å². The molecule has 0 radical (unpaired) electrons. The van der Waals surface area contributed by atoms with Crippen LogP contribution in [0.5, 0.6) is 0 Å². The van der Waals surface area contributed by atoms with Crippen LogP contribution in [0.2, 0.25) is 0 Å². The molecule has 0 atom stereocenters. The summed E-state index contributed by atoms with van der Waals surface area (Å²) in [7, 11) is 0. The van der Waals surface area contributed by atoms with Gasteiger partial charge in [0.2, 0.25) is 0 Å². The van der Waals surface area contributed by atoms with Gasteiger partial charge >= 0.3 is 0 Å². The lowest BCUT2D eigenvalue weighted by Crippen LogP contribution is -2.39. The second-order valence-electron chi connectivity index (χ2n) is 6.60. The maximum Gasteiger partial charge on any atom is 0.193 e. The molecule has 0 saturated carbocycles. The van der Waals surface area contributed by atoms with Crippen LogP contribution in [0.15, 0.2) is 29.3 Å². The van der Waals surface area contributed by atoms with Gasteiger partial charge in [0.15, 0.2) is 5.96 Å². The van der Waals surface area contributed by atoms with Crippen LogP contribution in [0.1, 0.15) is 53.0 Å². The van der Waals surface area contributed by atoms with Gasteiger partial charge in [-0.1, -0.05) is 26.0 Å². The number of nitrogens with one attached hydrogen (secondary N) is 1. The Morgan fingerprint density at radius 1 is 1.14 bits per heavy atom. The molecule has 0 aliphatic heterocycles. The normalized spacial score (nSPS) is 12.7. The lowest BCUT2D eigenvalue weighted by Gasteiger charge is -2.29. The van der Waals surface area contributed by atoms with Crippen LogP contribution in [0.3, 0.4) is 0 Å². The van der Waals surface area contributed by atoms with Gasteiger partial charge in [0.1, 0.15) is 0 Å². The molecule has 0 aliphatic carbocycles. The Bertz CT molecular complexity index is 470. The van der Waals surface area contributed by atoms with Gasteiger partial charge in [-0.3, -0.25) is 9.89 Å². The topological polar surface area (TPSA) is 53.6 Å². The maximum absolute atomic E-state index is 5.99. The van der Waals surface area contributed by atoms with Gasteiger partial charge in [-0.25, -0.2) is 0 Å². The second kappa shape index (κ2) is 8.79. The smallest absolute Gasteiger partial charge is 0.193 e. The van der Waals surface area contributed by atoms with E-state index in [2.05, 4.69) is 68.9 Å². The van der Waals surface area contributed by atoms with Crippen LogP contribution >= 0.6 is 0 Å². The standard InChI is InChI=1S/C18H32N4/c1-13(2)16-8-7-9-17(12-16)21-18(19)20-10-11-22(14(3)4)15(5)6/h7-9,12-15H,10-11H2,1-6H3,(H3,19,20,21). The summed E-state index contributed by atoms with van der Waals surface area (Å²) < 4.78 is 0. The molecule has 0 heterocycles. The molecule has 0 aromatic heterocycles. The van der Waals surface area contributed by atoms with Crippen molar-refractivity contribution in [1.82, 2.24) is 4.90 Å². The fourth-order valence-electron chi connectivity index (χ4n) is 2.56. The van der Waals surface area contributed by atoms with Crippen LogP contribution in [-0.4, -0.2) is 36.0 Å². The number of guanidine groups is 1. The number of hydrogen-bond acceptors (Lipinski definition) is 2. The monoisotopic (exact) mass is 304 g/mol. The van der Waals surface area contributed by atoms with E-state index in [1.54, 1.807) is 0 Å². The van der Waals surface area contributed by atoms with Crippen molar-refractivity contribution in [3.05, 3.63) is 29.8 Å². The van der Waals surface area contributed by atoms with Gasteiger partial charge in [0.05, 0.1) is 6.54 Å². The van der Waals surface area contributed by atoms with E-state index >= 15 is 0 Å². The van der Waals surface area contributed by atoms with E-state index in [1.807, 2.05) is 12.1 Å². The van der Waals surface area contributed by atoms with Crippen LogP contribution in [-0.2, 0) is 0 Å². The summed E-state index contributed by atoms with van der Waals surface area (Å²) in [5.74, 6) is 0.985. The number of aliphatic imine (C=N–C) groups is 1. The lowest BCUT2D eigenvalue weighted by molar-refractivity contribution is 0.181. The Morgan fingerprint density at radius 2 is 1.77 bits per heavy atom. The van der Waals surface area contributed by atoms with E-state index in [-0.39, 0.29) is 0 Å². The predicted molar refractivity (Wildman–Crippen MR) is 97.6 cm³/mol. The van der Waals surface area contributed by atoms with E-state index in [0.29, 0.717) is 30.5 Å². The fourth-order valence-corrected chi connectivity index (χ4v) is 2.56. The molecule has 1 aromatic carbocycles. The van der Waals surface area contributed by atoms with Gasteiger partial charge in [-0.05, 0) is 51.3 Å². The van der Waals surface area contributed by atoms with Gasteiger partial charge in [0, 0.05) is 24.3 Å². The van der Waals surface area contributed by atoms with E-state index in [0.717, 1.165) is 12.2 Å². The zero-order valence-corrected chi connectivity index (χ0v) is 14.9. The van der Waals surface area contributed by atoms with Crippen molar-refractivity contribution in [2.75, 3.05) is 18.4 Å². The largest absolute Gasteiger partial charge is 0.370 e. The number of rotatable bonds is 7. The van der Waals surface area contributed by atoms with Crippen molar-refractivity contribution in [1.29, 1.82) is 0 Å². The van der Waals surface area contributed by atoms with Crippen LogP contribution < -0.4 is 11.1 Å². The lowest BCUT2D eigenvalue weighted by atomic mass is 10.0. The number of nitrogens with two attached hydrogens (primary N) is 1. The highest BCUT2D eigenvalue weighted by Crippen LogP contribution is 2.18. The number of anilines is 1. The third-order valence-corrected chi connectivity index (χ3v) is 3.79. The van der Waals surface area contributed by atoms with Crippen molar-refractivity contribution in [2.24, 2.45) is 10.7 Å². The minimum Gasteiger partial charge on any atom is -0.370 e. The third-order valence-electron chi connectivity index (χ3n) is 3.79. The first-order chi connectivity index (χ1) is 10.3. The molecule has 0 saturated heterocycles. The first-order valence-corrected chi connectivity index (χ1v) is 8.24. The van der Waals surface area contributed by atoms with Crippen LogP contribution in [0.4, 0.5) is 5.69 Å². The molecular formula is C18H32N4. The molecule has 1 rings (SSSR count). The summed E-state index contributed by atoms with van der Waals surface area (Å²) in [5.41, 5.74) is 8.28. The molecule has 22 heavy (non-hydrogen) atoms. The average molecular weight is 304 g/mol. The first-order valence-electron chi connectivity index (χ1n) is 8.24. The molecule has 0 unspecified atom stereocenters. The molecule has 4 heteroatoms. The molecule has 124 valence electrons. The Morgan fingerprint density at radius 3 is 2.32 bits per heavy atom. The van der Waals surface area contributed by atoms with E-state index in [4.69, 9.17) is 5.73 Å². The van der Waals surface area contributed by atoms with Crippen molar-refractivity contribution < 1.29 is 0 Å². The molecule has 0 amide bonds. The number of benzene rings is 1. The van der Waals surface area contributed by atoms with Crippen LogP contribution in [0, 0.1) is 0 Å². The van der Waals surface area contributed by atoms with Gasteiger partial charge in [-0.15, -0.1) is 0 Å². The Balaban J connectivity index is 2.57. The zero-order valence-electron chi connectivity index (χ0n) is 14.9. The molecule has 1 aromatic rings.